The number of thiazole rings is 1. The van der Waals surface area contributed by atoms with Gasteiger partial charge in [0.05, 0.1) is 11.8 Å². The van der Waals surface area contributed by atoms with Crippen LogP contribution in [0.3, 0.4) is 0 Å². The molecule has 116 valence electrons. The molecule has 1 aromatic carbocycles. The van der Waals surface area contributed by atoms with Gasteiger partial charge in [-0.2, -0.15) is 0 Å². The minimum Gasteiger partial charge on any atom is -0.245 e. The van der Waals surface area contributed by atoms with Crippen LogP contribution in [0.25, 0.3) is 11.0 Å². The summed E-state index contributed by atoms with van der Waals surface area (Å²) in [4.78, 5) is 4.30. The number of nitrogens with zero attached hydrogens (tertiary/aromatic N) is 3. The Kier molecular flexibility index (Phi) is 3.94. The van der Waals surface area contributed by atoms with E-state index in [-0.39, 0.29) is 11.8 Å². The van der Waals surface area contributed by atoms with Crippen molar-refractivity contribution in [3.63, 3.8) is 0 Å². The first-order chi connectivity index (χ1) is 10.4. The third-order valence-electron chi connectivity index (χ3n) is 3.04. The largest absolute Gasteiger partial charge is 0.245 e. The number of aryl methyl sites for hydroxylation is 1. The van der Waals surface area contributed by atoms with E-state index in [2.05, 4.69) is 24.6 Å². The molecule has 0 spiro atoms. The molecule has 0 fully saturated rings. The van der Waals surface area contributed by atoms with Gasteiger partial charge in [0.2, 0.25) is 10.0 Å². The fourth-order valence-electron chi connectivity index (χ4n) is 2.07. The Morgan fingerprint density at radius 1 is 1.32 bits per heavy atom. The van der Waals surface area contributed by atoms with Crippen molar-refractivity contribution in [1.29, 1.82) is 0 Å². The minimum atomic E-state index is -3.49. The Labute approximate surface area is 131 Å². The smallest absolute Gasteiger partial charge is 0.216 e. The second-order valence-corrected chi connectivity index (χ2v) is 7.66. The molecular weight excluding hydrogens is 324 g/mol. The van der Waals surface area contributed by atoms with Crippen LogP contribution in [-0.2, 0) is 15.8 Å². The lowest BCUT2D eigenvalue weighted by molar-refractivity contribution is 0.315. The van der Waals surface area contributed by atoms with E-state index in [9.17, 15) is 8.42 Å². The summed E-state index contributed by atoms with van der Waals surface area (Å²) in [5.41, 5.74) is 2.64. The third kappa shape index (κ3) is 3.32. The number of aromatic nitrogens is 3. The Bertz CT molecular complexity index is 901. The quantitative estimate of drug-likeness (QED) is 0.765. The normalized spacial score (nSPS) is 13.5. The molecule has 0 saturated heterocycles. The van der Waals surface area contributed by atoms with Gasteiger partial charge in [-0.1, -0.05) is 6.07 Å². The second-order valence-electron chi connectivity index (χ2n) is 5.01. The zero-order valence-electron chi connectivity index (χ0n) is 12.0. The highest BCUT2D eigenvalue weighted by molar-refractivity contribution is 7.88. The molecule has 2 heterocycles. The molecule has 7 nitrogen and oxygen atoms in total. The fourth-order valence-corrected chi connectivity index (χ4v) is 4.30. The van der Waals surface area contributed by atoms with Crippen LogP contribution >= 0.6 is 11.3 Å². The van der Waals surface area contributed by atoms with Crippen LogP contribution in [-0.4, -0.2) is 23.7 Å². The summed E-state index contributed by atoms with van der Waals surface area (Å²) in [5, 5.41) is 10.0. The molecule has 1 N–H and O–H groups in total. The van der Waals surface area contributed by atoms with E-state index in [4.69, 9.17) is 0 Å². The number of benzene rings is 1. The van der Waals surface area contributed by atoms with E-state index in [0.717, 1.165) is 10.7 Å². The molecule has 22 heavy (non-hydrogen) atoms. The predicted molar refractivity (Wildman–Crippen MR) is 82.8 cm³/mol. The standard InChI is InChI=1S/C13H14N4O3S2/c1-8-6-21-13(14-8)9(2)17-22(18,19)7-10-3-4-11-12(5-10)16-20-15-11/h3-6,9,17H,7H2,1-2H3. The Hall–Kier alpha value is -1.84. The van der Waals surface area contributed by atoms with Crippen LogP contribution in [0.2, 0.25) is 0 Å². The van der Waals surface area contributed by atoms with Crippen molar-refractivity contribution in [2.24, 2.45) is 0 Å². The van der Waals surface area contributed by atoms with Gasteiger partial charge in [0.25, 0.3) is 0 Å². The number of hydrogen-bond donors (Lipinski definition) is 1. The molecule has 0 bridgehead atoms. The summed E-state index contributed by atoms with van der Waals surface area (Å²) < 4.78 is 31.8. The lowest BCUT2D eigenvalue weighted by Gasteiger charge is -2.11. The van der Waals surface area contributed by atoms with Gasteiger partial charge in [0.15, 0.2) is 0 Å². The van der Waals surface area contributed by atoms with Gasteiger partial charge in [-0.25, -0.2) is 22.8 Å². The average Bonchev–Trinajstić information content (AvgIpc) is 3.05. The Balaban J connectivity index is 1.75. The molecule has 0 saturated carbocycles. The maximum absolute atomic E-state index is 12.3. The van der Waals surface area contributed by atoms with Gasteiger partial charge >= 0.3 is 0 Å². The highest BCUT2D eigenvalue weighted by Gasteiger charge is 2.19. The summed E-state index contributed by atoms with van der Waals surface area (Å²) in [6.07, 6.45) is 0. The SMILES string of the molecule is Cc1csc(C(C)NS(=O)(=O)Cc2ccc3nonc3c2)n1. The summed E-state index contributed by atoms with van der Waals surface area (Å²) in [5.74, 6) is -0.134. The molecule has 0 amide bonds. The fraction of sp³-hybridized carbons (Fsp3) is 0.308. The highest BCUT2D eigenvalue weighted by Crippen LogP contribution is 2.20. The maximum atomic E-state index is 12.3. The van der Waals surface area contributed by atoms with E-state index in [1.165, 1.54) is 11.3 Å². The van der Waals surface area contributed by atoms with Crippen molar-refractivity contribution in [3.8, 4) is 0 Å². The topological polar surface area (TPSA) is 98.0 Å². The maximum Gasteiger partial charge on any atom is 0.216 e. The van der Waals surface area contributed by atoms with Crippen molar-refractivity contribution in [1.82, 2.24) is 20.0 Å². The molecule has 0 radical (unpaired) electrons. The average molecular weight is 338 g/mol. The first-order valence-corrected chi connectivity index (χ1v) is 9.09. The van der Waals surface area contributed by atoms with E-state index >= 15 is 0 Å². The lowest BCUT2D eigenvalue weighted by Crippen LogP contribution is -2.28. The first-order valence-electron chi connectivity index (χ1n) is 6.56. The van der Waals surface area contributed by atoms with Crippen LogP contribution in [0.1, 0.15) is 29.2 Å². The summed E-state index contributed by atoms with van der Waals surface area (Å²) in [7, 11) is -3.49. The first kappa shape index (κ1) is 15.1. The van der Waals surface area contributed by atoms with Gasteiger partial charge in [-0.05, 0) is 41.9 Å². The summed E-state index contributed by atoms with van der Waals surface area (Å²) in [6, 6.07) is 4.68. The van der Waals surface area contributed by atoms with Crippen molar-refractivity contribution >= 4 is 32.4 Å². The number of nitrogens with one attached hydrogen (secondary N) is 1. The predicted octanol–water partition coefficient (Wildman–Crippen LogP) is 2.17. The third-order valence-corrected chi connectivity index (χ3v) is 5.61. The summed E-state index contributed by atoms with van der Waals surface area (Å²) in [6.45, 7) is 3.66. The number of rotatable bonds is 5. The van der Waals surface area contributed by atoms with Crippen molar-refractivity contribution in [3.05, 3.63) is 39.8 Å². The van der Waals surface area contributed by atoms with Crippen LogP contribution in [0.5, 0.6) is 0 Å². The molecule has 2 aromatic heterocycles. The molecular formula is C13H14N4O3S2. The summed E-state index contributed by atoms with van der Waals surface area (Å²) >= 11 is 1.44. The van der Waals surface area contributed by atoms with Gasteiger partial charge in [-0.15, -0.1) is 11.3 Å². The van der Waals surface area contributed by atoms with Crippen LogP contribution in [0, 0.1) is 6.92 Å². The lowest BCUT2D eigenvalue weighted by atomic mass is 10.2. The monoisotopic (exact) mass is 338 g/mol. The zero-order chi connectivity index (χ0) is 15.7. The van der Waals surface area contributed by atoms with Crippen LogP contribution in [0.15, 0.2) is 28.2 Å². The molecule has 1 atom stereocenters. The van der Waals surface area contributed by atoms with Crippen LogP contribution < -0.4 is 4.72 Å². The van der Waals surface area contributed by atoms with Gasteiger partial charge < -0.3 is 0 Å². The highest BCUT2D eigenvalue weighted by atomic mass is 32.2. The van der Waals surface area contributed by atoms with E-state index in [0.29, 0.717) is 16.6 Å². The second kappa shape index (κ2) is 5.75. The van der Waals surface area contributed by atoms with Crippen LogP contribution in [0.4, 0.5) is 0 Å². The van der Waals surface area contributed by atoms with E-state index < -0.39 is 10.0 Å². The molecule has 3 rings (SSSR count). The molecule has 9 heteroatoms. The number of sulfonamides is 1. The van der Waals surface area contributed by atoms with Gasteiger partial charge in [0, 0.05) is 11.1 Å². The van der Waals surface area contributed by atoms with Gasteiger partial charge in [0.1, 0.15) is 16.0 Å². The molecule has 0 aliphatic carbocycles. The van der Waals surface area contributed by atoms with E-state index in [1.807, 2.05) is 12.3 Å². The molecule has 0 aliphatic heterocycles. The number of hydrogen-bond acceptors (Lipinski definition) is 7. The zero-order valence-corrected chi connectivity index (χ0v) is 13.6. The Morgan fingerprint density at radius 2 is 2.09 bits per heavy atom. The van der Waals surface area contributed by atoms with Crippen molar-refractivity contribution in [2.75, 3.05) is 0 Å². The number of fused-ring (bicyclic) bond motifs is 1. The van der Waals surface area contributed by atoms with E-state index in [1.54, 1.807) is 25.1 Å². The minimum absolute atomic E-state index is 0.134. The molecule has 1 unspecified atom stereocenters. The Morgan fingerprint density at radius 3 is 2.82 bits per heavy atom. The van der Waals surface area contributed by atoms with Gasteiger partial charge in [-0.3, -0.25) is 0 Å². The van der Waals surface area contributed by atoms with Crippen molar-refractivity contribution in [2.45, 2.75) is 25.6 Å². The van der Waals surface area contributed by atoms with Crippen molar-refractivity contribution < 1.29 is 13.0 Å². The molecule has 3 aromatic rings. The molecule has 0 aliphatic rings.